The number of carboxylic acid groups (broad SMARTS) is 1. The number of pyridine rings is 1. The van der Waals surface area contributed by atoms with Crippen molar-refractivity contribution in [2.75, 3.05) is 0 Å². The number of carbonyl (C=O) groups is 1. The van der Waals surface area contributed by atoms with E-state index in [1.807, 2.05) is 0 Å². The van der Waals surface area contributed by atoms with Crippen LogP contribution in [0.3, 0.4) is 0 Å². The minimum atomic E-state index is -0.953. The van der Waals surface area contributed by atoms with Crippen LogP contribution in [0.1, 0.15) is 19.0 Å². The van der Waals surface area contributed by atoms with Gasteiger partial charge >= 0.3 is 5.97 Å². The van der Waals surface area contributed by atoms with Gasteiger partial charge in [0.15, 0.2) is 0 Å². The van der Waals surface area contributed by atoms with Gasteiger partial charge in [0.05, 0.1) is 10.7 Å². The maximum absolute atomic E-state index is 10.7. The largest absolute Gasteiger partial charge is 0.478 e. The van der Waals surface area contributed by atoms with Crippen LogP contribution in [0.15, 0.2) is 17.7 Å². The molecule has 0 aromatic carbocycles. The van der Waals surface area contributed by atoms with Crippen LogP contribution in [0, 0.1) is 0 Å². The molecule has 0 fully saturated rings. The lowest BCUT2D eigenvalue weighted by Crippen LogP contribution is -1.99. The van der Waals surface area contributed by atoms with Crippen molar-refractivity contribution >= 4 is 35.2 Å². The summed E-state index contributed by atoms with van der Waals surface area (Å²) in [5.41, 5.74) is 0.768. The molecule has 0 saturated heterocycles. The molecule has 0 atom stereocenters. The third-order valence-corrected chi connectivity index (χ3v) is 2.49. The zero-order valence-corrected chi connectivity index (χ0v) is 9.51. The number of hydrogen-bond donors (Lipinski definition) is 1. The van der Waals surface area contributed by atoms with Crippen molar-refractivity contribution in [2.45, 2.75) is 13.3 Å². The Morgan fingerprint density at radius 1 is 1.53 bits per heavy atom. The first-order chi connectivity index (χ1) is 7.04. The Hall–Kier alpha value is -1.06. The number of aromatic nitrogens is 1. The summed E-state index contributed by atoms with van der Waals surface area (Å²) < 4.78 is 0. The van der Waals surface area contributed by atoms with Crippen molar-refractivity contribution in [1.82, 2.24) is 4.98 Å². The molecule has 0 aliphatic rings. The first kappa shape index (κ1) is 12.0. The molecule has 0 aliphatic heterocycles. The molecule has 1 rings (SSSR count). The summed E-state index contributed by atoms with van der Waals surface area (Å²) in [6.45, 7) is 1.76. The smallest absolute Gasteiger partial charge is 0.331 e. The molecule has 1 N–H and O–H groups in total. The fraction of sp³-hybridized carbons (Fsp3) is 0.200. The highest BCUT2D eigenvalue weighted by atomic mass is 35.5. The molecular weight excluding hydrogens is 237 g/mol. The molecule has 0 unspecified atom stereocenters. The second-order valence-electron chi connectivity index (χ2n) is 2.84. The Kier molecular flexibility index (Phi) is 4.12. The van der Waals surface area contributed by atoms with E-state index in [1.165, 1.54) is 6.08 Å². The van der Waals surface area contributed by atoms with Crippen molar-refractivity contribution in [3.63, 3.8) is 0 Å². The van der Waals surface area contributed by atoms with Crippen LogP contribution in [0.2, 0.25) is 10.2 Å². The van der Waals surface area contributed by atoms with E-state index >= 15 is 0 Å². The van der Waals surface area contributed by atoms with Crippen molar-refractivity contribution < 1.29 is 9.90 Å². The second-order valence-corrected chi connectivity index (χ2v) is 3.60. The molecule has 0 amide bonds. The molecule has 0 bridgehead atoms. The number of halogens is 2. The van der Waals surface area contributed by atoms with Crippen LogP contribution in [-0.2, 0) is 4.79 Å². The highest BCUT2D eigenvalue weighted by Crippen LogP contribution is 2.20. The zero-order valence-electron chi connectivity index (χ0n) is 8.00. The second kappa shape index (κ2) is 5.14. The van der Waals surface area contributed by atoms with Gasteiger partial charge in [-0.2, -0.15) is 0 Å². The van der Waals surface area contributed by atoms with Crippen LogP contribution >= 0.6 is 23.2 Å². The van der Waals surface area contributed by atoms with Gasteiger partial charge in [-0.25, -0.2) is 9.78 Å². The molecule has 1 heterocycles. The summed E-state index contributed by atoms with van der Waals surface area (Å²) in [6, 6.07) is 3.20. The van der Waals surface area contributed by atoms with E-state index in [9.17, 15) is 4.79 Å². The molecule has 0 radical (unpaired) electrons. The highest BCUT2D eigenvalue weighted by Gasteiger charge is 2.05. The maximum atomic E-state index is 10.7. The van der Waals surface area contributed by atoms with Crippen LogP contribution in [0.5, 0.6) is 0 Å². The summed E-state index contributed by atoms with van der Waals surface area (Å²) in [7, 11) is 0. The fourth-order valence-corrected chi connectivity index (χ4v) is 1.27. The molecule has 0 aliphatic carbocycles. The monoisotopic (exact) mass is 245 g/mol. The lowest BCUT2D eigenvalue weighted by atomic mass is 10.1. The van der Waals surface area contributed by atoms with E-state index in [0.717, 1.165) is 0 Å². The maximum Gasteiger partial charge on any atom is 0.331 e. The summed E-state index contributed by atoms with van der Waals surface area (Å²) in [4.78, 5) is 14.7. The summed E-state index contributed by atoms with van der Waals surface area (Å²) in [6.07, 6.45) is 1.90. The number of nitrogens with zero attached hydrogens (tertiary/aromatic N) is 1. The summed E-state index contributed by atoms with van der Waals surface area (Å²) in [5.74, 6) is -0.953. The Labute approximate surface area is 97.3 Å². The average molecular weight is 246 g/mol. The molecule has 1 aromatic heterocycles. The van der Waals surface area contributed by atoms with Gasteiger partial charge < -0.3 is 5.11 Å². The van der Waals surface area contributed by atoms with E-state index in [1.54, 1.807) is 19.1 Å². The Morgan fingerprint density at radius 3 is 2.67 bits per heavy atom. The van der Waals surface area contributed by atoms with Gasteiger partial charge in [0, 0.05) is 5.57 Å². The fourth-order valence-electron chi connectivity index (χ4n) is 1.01. The SMILES string of the molecule is CCC(=Cc1ccc(Cl)c(Cl)n1)C(=O)O. The standard InChI is InChI=1S/C10H9Cl2NO2/c1-2-6(10(14)15)5-7-3-4-8(11)9(12)13-7/h3-5H,2H2,1H3,(H,14,15). The molecule has 5 heteroatoms. The average Bonchev–Trinajstić information content (AvgIpc) is 2.19. The van der Waals surface area contributed by atoms with Crippen LogP contribution in [-0.4, -0.2) is 16.1 Å². The zero-order chi connectivity index (χ0) is 11.4. The van der Waals surface area contributed by atoms with Gasteiger partial charge in [-0.05, 0) is 24.6 Å². The van der Waals surface area contributed by atoms with Gasteiger partial charge in [-0.1, -0.05) is 30.1 Å². The number of carboxylic acids is 1. The van der Waals surface area contributed by atoms with Crippen LogP contribution in [0.4, 0.5) is 0 Å². The normalized spacial score (nSPS) is 11.5. The molecule has 80 valence electrons. The van der Waals surface area contributed by atoms with E-state index in [2.05, 4.69) is 4.98 Å². The topological polar surface area (TPSA) is 50.2 Å². The first-order valence-corrected chi connectivity index (χ1v) is 5.06. The van der Waals surface area contributed by atoms with Gasteiger partial charge in [0.25, 0.3) is 0 Å². The van der Waals surface area contributed by atoms with Gasteiger partial charge in [0.2, 0.25) is 0 Å². The van der Waals surface area contributed by atoms with E-state index in [4.69, 9.17) is 28.3 Å². The lowest BCUT2D eigenvalue weighted by molar-refractivity contribution is -0.132. The van der Waals surface area contributed by atoms with Crippen molar-refractivity contribution in [3.05, 3.63) is 33.6 Å². The minimum Gasteiger partial charge on any atom is -0.478 e. The summed E-state index contributed by atoms with van der Waals surface area (Å²) >= 11 is 11.4. The molecule has 0 saturated carbocycles. The number of aliphatic carboxylic acids is 1. The first-order valence-electron chi connectivity index (χ1n) is 4.30. The minimum absolute atomic E-state index is 0.172. The van der Waals surface area contributed by atoms with Gasteiger partial charge in [0.1, 0.15) is 5.15 Å². The van der Waals surface area contributed by atoms with Crippen LogP contribution < -0.4 is 0 Å². The lowest BCUT2D eigenvalue weighted by Gasteiger charge is -1.99. The third kappa shape index (κ3) is 3.22. The molecule has 15 heavy (non-hydrogen) atoms. The number of hydrogen-bond acceptors (Lipinski definition) is 2. The predicted molar refractivity (Wildman–Crippen MR) is 60.2 cm³/mol. The van der Waals surface area contributed by atoms with Crippen molar-refractivity contribution in [2.24, 2.45) is 0 Å². The Morgan fingerprint density at radius 2 is 2.20 bits per heavy atom. The highest BCUT2D eigenvalue weighted by molar-refractivity contribution is 6.41. The Balaban J connectivity index is 3.07. The van der Waals surface area contributed by atoms with E-state index < -0.39 is 5.97 Å². The molecule has 3 nitrogen and oxygen atoms in total. The van der Waals surface area contributed by atoms with Crippen molar-refractivity contribution in [1.29, 1.82) is 0 Å². The molecular formula is C10H9Cl2NO2. The van der Waals surface area contributed by atoms with Gasteiger partial charge in [-0.3, -0.25) is 0 Å². The molecule has 1 aromatic rings. The van der Waals surface area contributed by atoms with E-state index in [0.29, 0.717) is 17.1 Å². The number of rotatable bonds is 3. The van der Waals surface area contributed by atoms with E-state index in [-0.39, 0.29) is 10.7 Å². The predicted octanol–water partition coefficient (Wildman–Crippen LogP) is 3.27. The quantitative estimate of drug-likeness (QED) is 0.657. The van der Waals surface area contributed by atoms with Crippen molar-refractivity contribution in [3.8, 4) is 0 Å². The third-order valence-electron chi connectivity index (χ3n) is 1.80. The summed E-state index contributed by atoms with van der Waals surface area (Å²) in [5, 5.41) is 9.33. The Bertz CT molecular complexity index is 416. The molecule has 0 spiro atoms. The van der Waals surface area contributed by atoms with Gasteiger partial charge in [-0.15, -0.1) is 0 Å². The van der Waals surface area contributed by atoms with Crippen LogP contribution in [0.25, 0.3) is 6.08 Å².